The molecule has 5 aromatic carbocycles. The van der Waals surface area contributed by atoms with E-state index in [1.54, 1.807) is 0 Å². The van der Waals surface area contributed by atoms with E-state index in [4.69, 9.17) is 23.2 Å². The number of aliphatic hydroxyl groups is 1. The van der Waals surface area contributed by atoms with Crippen molar-refractivity contribution in [2.24, 2.45) is 0 Å². The molecule has 0 radical (unpaired) electrons. The Bertz CT molecular complexity index is 2040. The number of fused-ring (bicyclic) bond motifs is 2. The molecular formula is C47H57Cl2N5O. The van der Waals surface area contributed by atoms with Crippen molar-refractivity contribution in [1.29, 1.82) is 0 Å². The molecular weight excluding hydrogens is 721 g/mol. The highest BCUT2D eigenvalue weighted by Gasteiger charge is 2.37. The molecule has 3 fully saturated rings. The molecule has 3 heterocycles. The van der Waals surface area contributed by atoms with Crippen molar-refractivity contribution < 1.29 is 5.11 Å². The van der Waals surface area contributed by atoms with E-state index in [-0.39, 0.29) is 6.04 Å². The SMILES string of the molecule is C[C@@H](O)[C@@H]1CN([C@H](Cc2ccc3ccccc3c2)CN2CCC[C@H]2CN2CCNC[C@@H]2Cc2ccc3ccccc3c2)CCN1CCc1ccc(Cl)c(Cl)c1. The highest BCUT2D eigenvalue weighted by molar-refractivity contribution is 6.42. The van der Waals surface area contributed by atoms with Gasteiger partial charge >= 0.3 is 0 Å². The van der Waals surface area contributed by atoms with Crippen LogP contribution in [-0.4, -0.2) is 120 Å². The van der Waals surface area contributed by atoms with Crippen LogP contribution in [0.25, 0.3) is 21.5 Å². The Kier molecular flexibility index (Phi) is 12.7. The van der Waals surface area contributed by atoms with Gasteiger partial charge in [-0.3, -0.25) is 19.6 Å². The first-order valence-electron chi connectivity index (χ1n) is 20.6. The molecule has 55 heavy (non-hydrogen) atoms. The second kappa shape index (κ2) is 18.0. The number of nitrogens with one attached hydrogen (secondary N) is 1. The van der Waals surface area contributed by atoms with Crippen molar-refractivity contribution in [3.63, 3.8) is 0 Å². The minimum atomic E-state index is -0.426. The Hall–Kier alpha value is -3.04. The van der Waals surface area contributed by atoms with Gasteiger partial charge in [0.25, 0.3) is 0 Å². The van der Waals surface area contributed by atoms with Gasteiger partial charge in [0.1, 0.15) is 0 Å². The lowest BCUT2D eigenvalue weighted by Crippen LogP contribution is -2.61. The number of rotatable bonds is 13. The molecule has 0 spiro atoms. The molecule has 2 N–H and O–H groups in total. The normalized spacial score (nSPS) is 23.1. The number of likely N-dealkylation sites (tertiary alicyclic amines) is 1. The van der Waals surface area contributed by atoms with Gasteiger partial charge in [-0.25, -0.2) is 0 Å². The van der Waals surface area contributed by atoms with Crippen LogP contribution in [0, 0.1) is 0 Å². The van der Waals surface area contributed by atoms with Crippen LogP contribution in [0.1, 0.15) is 36.5 Å². The first-order valence-corrected chi connectivity index (χ1v) is 21.4. The fourth-order valence-corrected chi connectivity index (χ4v) is 9.94. The van der Waals surface area contributed by atoms with Gasteiger partial charge in [0.2, 0.25) is 0 Å². The molecule has 0 bridgehead atoms. The van der Waals surface area contributed by atoms with Crippen LogP contribution < -0.4 is 5.32 Å². The fraction of sp³-hybridized carbons (Fsp3) is 0.447. The van der Waals surface area contributed by atoms with Gasteiger partial charge in [-0.05, 0) is 95.9 Å². The van der Waals surface area contributed by atoms with Crippen LogP contribution in [-0.2, 0) is 19.3 Å². The topological polar surface area (TPSA) is 45.2 Å². The summed E-state index contributed by atoms with van der Waals surface area (Å²) in [5, 5.41) is 21.4. The van der Waals surface area contributed by atoms with E-state index in [2.05, 4.69) is 116 Å². The van der Waals surface area contributed by atoms with E-state index in [1.165, 1.54) is 51.1 Å². The van der Waals surface area contributed by atoms with E-state index < -0.39 is 6.10 Å². The number of nitrogens with zero attached hydrogens (tertiary/aromatic N) is 4. The number of halogens is 2. The number of benzene rings is 5. The summed E-state index contributed by atoms with van der Waals surface area (Å²) in [6.07, 6.45) is 5.04. The summed E-state index contributed by atoms with van der Waals surface area (Å²) in [6, 6.07) is 38.9. The zero-order valence-electron chi connectivity index (χ0n) is 32.3. The van der Waals surface area contributed by atoms with E-state index in [0.29, 0.717) is 28.2 Å². The zero-order chi connectivity index (χ0) is 37.7. The lowest BCUT2D eigenvalue weighted by atomic mass is 9.97. The molecule has 0 unspecified atom stereocenters. The highest BCUT2D eigenvalue weighted by atomic mass is 35.5. The number of piperazine rings is 2. The molecule has 0 amide bonds. The maximum absolute atomic E-state index is 11.2. The summed E-state index contributed by atoms with van der Waals surface area (Å²) in [5.41, 5.74) is 4.01. The quantitative estimate of drug-likeness (QED) is 0.127. The second-order valence-electron chi connectivity index (χ2n) is 16.4. The molecule has 8 rings (SSSR count). The highest BCUT2D eigenvalue weighted by Crippen LogP contribution is 2.28. The van der Waals surface area contributed by atoms with Gasteiger partial charge < -0.3 is 10.4 Å². The molecule has 6 nitrogen and oxygen atoms in total. The number of aliphatic hydroxyl groups excluding tert-OH is 1. The summed E-state index contributed by atoms with van der Waals surface area (Å²) in [6.45, 7) is 12.2. The van der Waals surface area contributed by atoms with Gasteiger partial charge in [-0.2, -0.15) is 0 Å². The molecule has 3 aliphatic heterocycles. The third kappa shape index (κ3) is 9.57. The van der Waals surface area contributed by atoms with E-state index >= 15 is 0 Å². The smallest absolute Gasteiger partial charge is 0.0679 e. The predicted octanol–water partition coefficient (Wildman–Crippen LogP) is 7.80. The van der Waals surface area contributed by atoms with Crippen LogP contribution in [0.3, 0.4) is 0 Å². The van der Waals surface area contributed by atoms with Crippen molar-refractivity contribution in [1.82, 2.24) is 24.9 Å². The monoisotopic (exact) mass is 777 g/mol. The van der Waals surface area contributed by atoms with Gasteiger partial charge in [-0.1, -0.05) is 114 Å². The fourth-order valence-electron chi connectivity index (χ4n) is 9.62. The van der Waals surface area contributed by atoms with Gasteiger partial charge in [0, 0.05) is 83.1 Å². The lowest BCUT2D eigenvalue weighted by molar-refractivity contribution is -0.0187. The summed E-state index contributed by atoms with van der Waals surface area (Å²) >= 11 is 12.6. The van der Waals surface area contributed by atoms with Crippen molar-refractivity contribution in [3.8, 4) is 0 Å². The lowest BCUT2D eigenvalue weighted by Gasteiger charge is -2.47. The number of hydrogen-bond acceptors (Lipinski definition) is 6. The van der Waals surface area contributed by atoms with E-state index in [1.807, 2.05) is 19.1 Å². The molecule has 5 atom stereocenters. The molecule has 290 valence electrons. The first-order chi connectivity index (χ1) is 26.9. The van der Waals surface area contributed by atoms with Gasteiger partial charge in [0.15, 0.2) is 0 Å². The Morgan fingerprint density at radius 2 is 1.42 bits per heavy atom. The Balaban J connectivity index is 0.979. The summed E-state index contributed by atoms with van der Waals surface area (Å²) < 4.78 is 0. The minimum Gasteiger partial charge on any atom is -0.392 e. The zero-order valence-corrected chi connectivity index (χ0v) is 33.8. The summed E-state index contributed by atoms with van der Waals surface area (Å²) in [4.78, 5) is 10.8. The number of hydrogen-bond donors (Lipinski definition) is 2. The second-order valence-corrected chi connectivity index (χ2v) is 17.2. The molecule has 3 saturated heterocycles. The average Bonchev–Trinajstić information content (AvgIpc) is 3.64. The van der Waals surface area contributed by atoms with Crippen molar-refractivity contribution in [2.45, 2.75) is 69.3 Å². The van der Waals surface area contributed by atoms with Crippen molar-refractivity contribution in [3.05, 3.63) is 130 Å². The molecule has 0 aliphatic carbocycles. The van der Waals surface area contributed by atoms with Crippen LogP contribution in [0.2, 0.25) is 10.0 Å². The minimum absolute atomic E-state index is 0.0710. The molecule has 0 aromatic heterocycles. The standard InChI is InChI=1S/C47H57Cl2N5O/c1-34(55)47-33-54(24-23-51(47)21-18-35-14-17-45(48)46(49)29-35)44(28-37-13-16-39-8-3-5-10-41(39)26-37)32-52-20-6-11-42(52)31-53-22-19-50-30-43(53)27-36-12-15-38-7-2-4-9-40(38)25-36/h2-5,7-10,12-17,25-26,29,34,42-44,47,50,55H,6,11,18-24,27-28,30-33H2,1H3/t34-,42+,43+,44-,47+/m1/s1. The molecule has 5 aromatic rings. The summed E-state index contributed by atoms with van der Waals surface area (Å²) in [5.74, 6) is 0. The predicted molar refractivity (Wildman–Crippen MR) is 231 cm³/mol. The Morgan fingerprint density at radius 1 is 0.709 bits per heavy atom. The van der Waals surface area contributed by atoms with Crippen molar-refractivity contribution in [2.75, 3.05) is 65.4 Å². The van der Waals surface area contributed by atoms with Crippen LogP contribution in [0.4, 0.5) is 0 Å². The average molecular weight is 779 g/mol. The maximum atomic E-state index is 11.2. The van der Waals surface area contributed by atoms with Crippen molar-refractivity contribution >= 4 is 44.7 Å². The maximum Gasteiger partial charge on any atom is 0.0679 e. The van der Waals surface area contributed by atoms with E-state index in [9.17, 15) is 5.11 Å². The van der Waals surface area contributed by atoms with E-state index in [0.717, 1.165) is 84.7 Å². The molecule has 3 aliphatic rings. The largest absolute Gasteiger partial charge is 0.392 e. The van der Waals surface area contributed by atoms with Crippen LogP contribution in [0.5, 0.6) is 0 Å². The first kappa shape index (κ1) is 38.8. The Morgan fingerprint density at radius 3 is 2.16 bits per heavy atom. The third-order valence-corrected chi connectivity index (χ3v) is 13.5. The van der Waals surface area contributed by atoms with Gasteiger partial charge in [0.05, 0.1) is 16.1 Å². The Labute approximate surface area is 338 Å². The van der Waals surface area contributed by atoms with Crippen LogP contribution >= 0.6 is 23.2 Å². The molecule has 0 saturated carbocycles. The van der Waals surface area contributed by atoms with Gasteiger partial charge in [-0.15, -0.1) is 0 Å². The third-order valence-electron chi connectivity index (χ3n) is 12.7. The van der Waals surface area contributed by atoms with Crippen LogP contribution in [0.15, 0.2) is 103 Å². The molecule has 8 heteroatoms. The summed E-state index contributed by atoms with van der Waals surface area (Å²) in [7, 11) is 0.